The third-order valence-electron chi connectivity index (χ3n) is 4.26. The SMILES string of the molecule is CNS(=O)(=O)CC1CCCN1CC1(C)CCNC1.Cl. The van der Waals surface area contributed by atoms with Crippen molar-refractivity contribution < 1.29 is 8.42 Å². The van der Waals surface area contributed by atoms with Gasteiger partial charge in [-0.15, -0.1) is 12.4 Å². The van der Waals surface area contributed by atoms with Gasteiger partial charge in [0.25, 0.3) is 0 Å². The molecular formula is C12H26ClN3O2S. The van der Waals surface area contributed by atoms with Crippen molar-refractivity contribution in [1.82, 2.24) is 14.9 Å². The first-order valence-electron chi connectivity index (χ1n) is 6.80. The number of sulfonamides is 1. The van der Waals surface area contributed by atoms with E-state index < -0.39 is 10.0 Å². The number of nitrogens with one attached hydrogen (secondary N) is 2. The number of nitrogens with zero attached hydrogens (tertiary/aromatic N) is 1. The number of rotatable bonds is 5. The predicted octanol–water partition coefficient (Wildman–Crippen LogP) is 0.421. The molecule has 2 N–H and O–H groups in total. The van der Waals surface area contributed by atoms with E-state index in [-0.39, 0.29) is 24.2 Å². The first-order valence-corrected chi connectivity index (χ1v) is 8.45. The fraction of sp³-hybridized carbons (Fsp3) is 1.00. The first kappa shape index (κ1) is 17.2. The molecule has 0 aliphatic carbocycles. The molecule has 2 unspecified atom stereocenters. The summed E-state index contributed by atoms with van der Waals surface area (Å²) < 4.78 is 25.8. The molecule has 0 saturated carbocycles. The van der Waals surface area contributed by atoms with Crippen LogP contribution in [0.1, 0.15) is 26.2 Å². The molecule has 5 nitrogen and oxygen atoms in total. The van der Waals surface area contributed by atoms with Crippen LogP contribution in [0.5, 0.6) is 0 Å². The van der Waals surface area contributed by atoms with Gasteiger partial charge in [0.05, 0.1) is 5.75 Å². The van der Waals surface area contributed by atoms with Gasteiger partial charge in [-0.1, -0.05) is 6.92 Å². The monoisotopic (exact) mass is 311 g/mol. The van der Waals surface area contributed by atoms with Gasteiger partial charge in [0, 0.05) is 19.1 Å². The second kappa shape index (κ2) is 6.72. The van der Waals surface area contributed by atoms with Gasteiger partial charge in [-0.05, 0) is 44.8 Å². The van der Waals surface area contributed by atoms with E-state index in [4.69, 9.17) is 0 Å². The Labute approximate surface area is 123 Å². The van der Waals surface area contributed by atoms with Gasteiger partial charge in [-0.2, -0.15) is 0 Å². The molecule has 19 heavy (non-hydrogen) atoms. The van der Waals surface area contributed by atoms with Gasteiger partial charge in [-0.25, -0.2) is 13.1 Å². The van der Waals surface area contributed by atoms with Gasteiger partial charge in [0.2, 0.25) is 10.0 Å². The van der Waals surface area contributed by atoms with Gasteiger partial charge in [0.15, 0.2) is 0 Å². The molecule has 0 radical (unpaired) electrons. The Morgan fingerprint density at radius 1 is 1.47 bits per heavy atom. The van der Waals surface area contributed by atoms with Crippen LogP contribution in [0.2, 0.25) is 0 Å². The molecule has 2 aliphatic rings. The Morgan fingerprint density at radius 3 is 2.79 bits per heavy atom. The molecule has 2 fully saturated rings. The van der Waals surface area contributed by atoms with E-state index in [9.17, 15) is 8.42 Å². The van der Waals surface area contributed by atoms with Crippen LogP contribution in [0.3, 0.4) is 0 Å². The van der Waals surface area contributed by atoms with Crippen LogP contribution in [0.25, 0.3) is 0 Å². The second-order valence-corrected chi connectivity index (χ2v) is 7.96. The maximum Gasteiger partial charge on any atom is 0.212 e. The lowest BCUT2D eigenvalue weighted by Crippen LogP contribution is -2.44. The lowest BCUT2D eigenvalue weighted by Gasteiger charge is -2.33. The van der Waals surface area contributed by atoms with Crippen molar-refractivity contribution in [2.24, 2.45) is 5.41 Å². The number of hydrogen-bond donors (Lipinski definition) is 2. The van der Waals surface area contributed by atoms with E-state index >= 15 is 0 Å². The van der Waals surface area contributed by atoms with Gasteiger partial charge in [-0.3, -0.25) is 4.90 Å². The van der Waals surface area contributed by atoms with Crippen molar-refractivity contribution in [1.29, 1.82) is 0 Å². The van der Waals surface area contributed by atoms with Crippen molar-refractivity contribution in [2.45, 2.75) is 32.2 Å². The maximum atomic E-state index is 11.7. The summed E-state index contributed by atoms with van der Waals surface area (Å²) in [7, 11) is -1.60. The second-order valence-electron chi connectivity index (χ2n) is 5.99. The van der Waals surface area contributed by atoms with Gasteiger partial charge < -0.3 is 5.32 Å². The summed E-state index contributed by atoms with van der Waals surface area (Å²) in [5.74, 6) is 0.243. The highest BCUT2D eigenvalue weighted by Gasteiger charge is 2.36. The summed E-state index contributed by atoms with van der Waals surface area (Å²) in [5.41, 5.74) is 0.312. The fourth-order valence-corrected chi connectivity index (χ4v) is 4.17. The Kier molecular flexibility index (Phi) is 6.07. The summed E-state index contributed by atoms with van der Waals surface area (Å²) in [6.07, 6.45) is 3.31. The molecule has 0 aromatic rings. The van der Waals surface area contributed by atoms with Crippen molar-refractivity contribution in [2.75, 3.05) is 39.0 Å². The molecule has 0 aromatic heterocycles. The van der Waals surface area contributed by atoms with E-state index in [1.165, 1.54) is 13.5 Å². The van der Waals surface area contributed by atoms with Crippen LogP contribution in [0.4, 0.5) is 0 Å². The molecule has 2 rings (SSSR count). The Hall–Kier alpha value is 0.120. The van der Waals surface area contributed by atoms with Gasteiger partial charge in [0.1, 0.15) is 0 Å². The average Bonchev–Trinajstić information content (AvgIpc) is 2.90. The molecule has 2 heterocycles. The summed E-state index contributed by atoms with van der Waals surface area (Å²) >= 11 is 0. The Morgan fingerprint density at radius 2 is 2.21 bits per heavy atom. The standard InChI is InChI=1S/C12H25N3O2S.ClH/c1-12(5-6-14-9-12)10-15-7-3-4-11(15)8-18(16,17)13-2;/h11,13-14H,3-10H2,1-2H3;1H. The molecule has 2 atom stereocenters. The number of hydrogen-bond acceptors (Lipinski definition) is 4. The lowest BCUT2D eigenvalue weighted by atomic mass is 9.89. The Balaban J connectivity index is 0.00000180. The topological polar surface area (TPSA) is 61.4 Å². The van der Waals surface area contributed by atoms with Crippen LogP contribution in [-0.2, 0) is 10.0 Å². The molecule has 0 amide bonds. The first-order chi connectivity index (χ1) is 8.44. The highest BCUT2D eigenvalue weighted by atomic mass is 35.5. The van der Waals surface area contributed by atoms with Crippen LogP contribution in [0, 0.1) is 5.41 Å². The zero-order valence-corrected chi connectivity index (χ0v) is 13.4. The predicted molar refractivity (Wildman–Crippen MR) is 80.3 cm³/mol. The third kappa shape index (κ3) is 4.56. The summed E-state index contributed by atoms with van der Waals surface area (Å²) in [6.45, 7) is 6.50. The molecule has 7 heteroatoms. The van der Waals surface area contributed by atoms with E-state index in [0.717, 1.165) is 39.0 Å². The third-order valence-corrected chi connectivity index (χ3v) is 5.71. The maximum absolute atomic E-state index is 11.7. The zero-order chi connectivity index (χ0) is 13.2. The van der Waals surface area contributed by atoms with Crippen LogP contribution in [0.15, 0.2) is 0 Å². The number of halogens is 1. The molecule has 0 spiro atoms. The van der Waals surface area contributed by atoms with Crippen molar-refractivity contribution in [3.63, 3.8) is 0 Å². The molecular weight excluding hydrogens is 286 g/mol. The molecule has 0 aromatic carbocycles. The molecule has 0 bridgehead atoms. The van der Waals surface area contributed by atoms with E-state index in [2.05, 4.69) is 21.9 Å². The number of likely N-dealkylation sites (tertiary alicyclic amines) is 1. The molecule has 114 valence electrons. The van der Waals surface area contributed by atoms with Crippen molar-refractivity contribution in [3.05, 3.63) is 0 Å². The van der Waals surface area contributed by atoms with Crippen LogP contribution in [-0.4, -0.2) is 58.3 Å². The summed E-state index contributed by atoms with van der Waals surface area (Å²) in [4.78, 5) is 2.38. The Bertz CT molecular complexity index is 382. The average molecular weight is 312 g/mol. The highest BCUT2D eigenvalue weighted by Crippen LogP contribution is 2.29. The minimum absolute atomic E-state index is 0. The molecule has 2 saturated heterocycles. The van der Waals surface area contributed by atoms with Gasteiger partial charge >= 0.3 is 0 Å². The summed E-state index contributed by atoms with van der Waals surface area (Å²) in [6, 6.07) is 0.194. The smallest absolute Gasteiger partial charge is 0.212 e. The van der Waals surface area contributed by atoms with Crippen molar-refractivity contribution >= 4 is 22.4 Å². The van der Waals surface area contributed by atoms with Crippen LogP contribution >= 0.6 is 12.4 Å². The lowest BCUT2D eigenvalue weighted by molar-refractivity contribution is 0.173. The molecule has 2 aliphatic heterocycles. The largest absolute Gasteiger partial charge is 0.316 e. The van der Waals surface area contributed by atoms with Crippen LogP contribution < -0.4 is 10.0 Å². The minimum Gasteiger partial charge on any atom is -0.316 e. The van der Waals surface area contributed by atoms with E-state index in [1.807, 2.05) is 0 Å². The van der Waals surface area contributed by atoms with Crippen molar-refractivity contribution in [3.8, 4) is 0 Å². The fourth-order valence-electron chi connectivity index (χ4n) is 3.12. The van der Waals surface area contributed by atoms with E-state index in [1.54, 1.807) is 0 Å². The summed E-state index contributed by atoms with van der Waals surface area (Å²) in [5, 5.41) is 3.40. The van der Waals surface area contributed by atoms with E-state index in [0.29, 0.717) is 5.41 Å². The highest BCUT2D eigenvalue weighted by molar-refractivity contribution is 7.89. The normalized spacial score (nSPS) is 32.4. The minimum atomic E-state index is -3.10. The quantitative estimate of drug-likeness (QED) is 0.772. The zero-order valence-electron chi connectivity index (χ0n) is 11.8.